The molecule has 2 aliphatic heterocycles. The number of aromatic nitrogens is 1. The zero-order chi connectivity index (χ0) is 32.5. The van der Waals surface area contributed by atoms with Gasteiger partial charge >= 0.3 is 6.03 Å². The van der Waals surface area contributed by atoms with Gasteiger partial charge in [-0.1, -0.05) is 53.8 Å². The molecule has 0 bridgehead atoms. The Hall–Kier alpha value is -5.01. The first-order valence-corrected chi connectivity index (χ1v) is 15.9. The van der Waals surface area contributed by atoms with Gasteiger partial charge in [0.05, 0.1) is 23.3 Å². The molecule has 13 heteroatoms. The monoisotopic (exact) mass is 640 g/mol. The van der Waals surface area contributed by atoms with Gasteiger partial charge in [-0.15, -0.1) is 0 Å². The van der Waals surface area contributed by atoms with Crippen LogP contribution in [-0.2, 0) is 22.6 Å². The molecule has 2 atom stereocenters. The van der Waals surface area contributed by atoms with E-state index in [2.05, 4.69) is 15.6 Å². The van der Waals surface area contributed by atoms with Crippen LogP contribution in [0.3, 0.4) is 0 Å². The number of piperazine rings is 1. The summed E-state index contributed by atoms with van der Waals surface area (Å²) in [6, 6.07) is 20.6. The maximum atomic E-state index is 14.3. The van der Waals surface area contributed by atoms with Crippen molar-refractivity contribution in [3.8, 4) is 0 Å². The molecule has 2 fully saturated rings. The lowest BCUT2D eigenvalue weighted by atomic mass is 9.99. The summed E-state index contributed by atoms with van der Waals surface area (Å²) < 4.78 is 0.931. The Morgan fingerprint density at radius 1 is 1.04 bits per heavy atom. The van der Waals surface area contributed by atoms with Gasteiger partial charge in [-0.05, 0) is 55.3 Å². The van der Waals surface area contributed by atoms with Crippen LogP contribution in [0.25, 0.3) is 10.2 Å². The second kappa shape index (κ2) is 12.8. The number of hydrazine groups is 1. The first kappa shape index (κ1) is 31.0. The summed E-state index contributed by atoms with van der Waals surface area (Å²) in [5.41, 5.74) is 9.60. The van der Waals surface area contributed by atoms with E-state index in [0.29, 0.717) is 16.4 Å². The van der Waals surface area contributed by atoms with E-state index >= 15 is 0 Å². The molecule has 2 aliphatic rings. The van der Waals surface area contributed by atoms with Gasteiger partial charge in [-0.25, -0.2) is 9.78 Å². The molecule has 3 aromatic carbocycles. The van der Waals surface area contributed by atoms with Crippen molar-refractivity contribution >= 4 is 56.1 Å². The summed E-state index contributed by atoms with van der Waals surface area (Å²) in [6.45, 7) is 4.22. The fraction of sp³-hybridized carbons (Fsp3) is 0.303. The highest BCUT2D eigenvalue weighted by Crippen LogP contribution is 2.33. The summed E-state index contributed by atoms with van der Waals surface area (Å²) in [7, 11) is 1.55. The highest BCUT2D eigenvalue weighted by Gasteiger charge is 2.52. The molecule has 238 valence electrons. The largest absolute Gasteiger partial charge is 0.375 e. The summed E-state index contributed by atoms with van der Waals surface area (Å²) in [5, 5.41) is 9.35. The lowest BCUT2D eigenvalue weighted by Gasteiger charge is -2.47. The van der Waals surface area contributed by atoms with Gasteiger partial charge in [0.2, 0.25) is 11.8 Å². The smallest absolute Gasteiger partial charge is 0.331 e. The van der Waals surface area contributed by atoms with Crippen molar-refractivity contribution in [1.82, 2.24) is 30.1 Å². The summed E-state index contributed by atoms with van der Waals surface area (Å²) in [4.78, 5) is 61.4. The number of nitrogen functional groups attached to an aromatic ring is 1. The van der Waals surface area contributed by atoms with Crippen molar-refractivity contribution in [2.24, 2.45) is 0 Å². The van der Waals surface area contributed by atoms with Crippen molar-refractivity contribution in [3.05, 3.63) is 89.5 Å². The van der Waals surface area contributed by atoms with E-state index in [4.69, 9.17) is 5.73 Å². The Morgan fingerprint density at radius 2 is 1.78 bits per heavy atom. The normalized spacial score (nSPS) is 18.3. The van der Waals surface area contributed by atoms with Gasteiger partial charge in [0.15, 0.2) is 5.13 Å². The van der Waals surface area contributed by atoms with Gasteiger partial charge < -0.3 is 26.2 Å². The Kier molecular flexibility index (Phi) is 8.61. The third kappa shape index (κ3) is 5.98. The topological polar surface area (TPSA) is 144 Å². The number of nitrogens with zero attached hydrogens (tertiary/aromatic N) is 5. The van der Waals surface area contributed by atoms with Gasteiger partial charge in [0.1, 0.15) is 12.2 Å². The molecule has 12 nitrogen and oxygen atoms in total. The Balaban J connectivity index is 1.30. The molecule has 0 unspecified atom stereocenters. The lowest BCUT2D eigenvalue weighted by Crippen LogP contribution is -2.66. The predicted octanol–water partition coefficient (Wildman–Crippen LogP) is 3.52. The maximum absolute atomic E-state index is 14.3. The molecule has 6 rings (SSSR count). The van der Waals surface area contributed by atoms with Crippen molar-refractivity contribution in [3.63, 3.8) is 0 Å². The number of hydrogen-bond acceptors (Lipinski definition) is 8. The van der Waals surface area contributed by atoms with Crippen molar-refractivity contribution < 1.29 is 19.2 Å². The standard InChI is InChI=1S/C33H36N8O4S/c1-20(2)41(33(45)35-3)39-19-28(42)40-25(16-21-12-14-24(15-13-21)36-30(43)22-8-5-4-6-9-22)31(44)38(18-27(39)40)17-23-10-7-11-26-29(23)37-32(34)46-26/h4-15,20,25,27H,16-19H2,1-3H3,(H2,34,37)(H,35,45)(H,36,43)/t25-,27+/m0/s1. The quantitative estimate of drug-likeness (QED) is 0.267. The molecule has 46 heavy (non-hydrogen) atoms. The molecule has 2 saturated heterocycles. The Bertz CT molecular complexity index is 1780. The number of fused-ring (bicyclic) bond motifs is 2. The minimum atomic E-state index is -0.806. The van der Waals surface area contributed by atoms with E-state index in [1.54, 1.807) is 63.3 Å². The van der Waals surface area contributed by atoms with E-state index in [1.807, 2.05) is 50.2 Å². The van der Waals surface area contributed by atoms with Crippen LogP contribution in [0, 0.1) is 0 Å². The number of nitrogens with one attached hydrogen (secondary N) is 2. The zero-order valence-electron chi connectivity index (χ0n) is 25.8. The van der Waals surface area contributed by atoms with Crippen LogP contribution in [0.5, 0.6) is 0 Å². The predicted molar refractivity (Wildman–Crippen MR) is 177 cm³/mol. The molecule has 0 radical (unpaired) electrons. The number of thiazole rings is 1. The molecule has 4 N–H and O–H groups in total. The van der Waals surface area contributed by atoms with E-state index < -0.39 is 12.2 Å². The van der Waals surface area contributed by atoms with Crippen LogP contribution >= 0.6 is 11.3 Å². The van der Waals surface area contributed by atoms with E-state index in [-0.39, 0.29) is 55.8 Å². The van der Waals surface area contributed by atoms with Crippen molar-refractivity contribution in [1.29, 1.82) is 0 Å². The van der Waals surface area contributed by atoms with Gasteiger partial charge in [-0.3, -0.25) is 19.4 Å². The van der Waals surface area contributed by atoms with Gasteiger partial charge in [0, 0.05) is 37.3 Å². The molecular formula is C33H36N8O4S. The molecule has 0 spiro atoms. The third-order valence-electron chi connectivity index (χ3n) is 8.31. The molecule has 1 aromatic heterocycles. The van der Waals surface area contributed by atoms with Crippen LogP contribution in [0.15, 0.2) is 72.8 Å². The van der Waals surface area contributed by atoms with Crippen molar-refractivity contribution in [2.45, 2.75) is 45.1 Å². The lowest BCUT2D eigenvalue weighted by molar-refractivity contribution is -0.158. The number of hydrogen-bond donors (Lipinski definition) is 3. The average molecular weight is 641 g/mol. The number of anilines is 2. The maximum Gasteiger partial charge on any atom is 0.331 e. The molecule has 0 saturated carbocycles. The third-order valence-corrected chi connectivity index (χ3v) is 9.16. The summed E-state index contributed by atoms with van der Waals surface area (Å²) >= 11 is 1.39. The molecule has 5 amide bonds. The number of carbonyl (C=O) groups is 4. The van der Waals surface area contributed by atoms with E-state index in [9.17, 15) is 19.2 Å². The minimum Gasteiger partial charge on any atom is -0.375 e. The highest BCUT2D eigenvalue weighted by atomic mass is 32.1. The minimum absolute atomic E-state index is 0.0312. The number of rotatable bonds is 8. The van der Waals surface area contributed by atoms with Crippen LogP contribution in [-0.4, -0.2) is 86.9 Å². The fourth-order valence-electron chi connectivity index (χ4n) is 6.22. The second-order valence-corrected chi connectivity index (χ2v) is 12.7. The van der Waals surface area contributed by atoms with Crippen LogP contribution in [0.1, 0.15) is 35.3 Å². The zero-order valence-corrected chi connectivity index (χ0v) is 26.7. The molecule has 0 aliphatic carbocycles. The summed E-state index contributed by atoms with van der Waals surface area (Å²) in [6.07, 6.45) is -0.299. The fourth-order valence-corrected chi connectivity index (χ4v) is 7.00. The van der Waals surface area contributed by atoms with Gasteiger partial charge in [0.25, 0.3) is 5.91 Å². The van der Waals surface area contributed by atoms with Crippen LogP contribution in [0.4, 0.5) is 15.6 Å². The average Bonchev–Trinajstić information content (AvgIpc) is 3.59. The SMILES string of the molecule is CNC(=O)N(C(C)C)N1CC(=O)N2[C@@H](Cc3ccc(NC(=O)c4ccccc4)cc3)C(=O)N(Cc3cccc4sc(N)nc34)C[C@@H]21. The number of nitrogens with two attached hydrogens (primary N) is 1. The van der Waals surface area contributed by atoms with Crippen molar-refractivity contribution in [2.75, 3.05) is 31.2 Å². The highest BCUT2D eigenvalue weighted by molar-refractivity contribution is 7.22. The first-order chi connectivity index (χ1) is 22.1. The molecule has 4 aromatic rings. The number of carbonyl (C=O) groups excluding carboxylic acids is 4. The Morgan fingerprint density at radius 3 is 2.48 bits per heavy atom. The summed E-state index contributed by atoms with van der Waals surface area (Å²) in [5.74, 6) is -0.636. The number of benzene rings is 3. The second-order valence-electron chi connectivity index (χ2n) is 11.6. The first-order valence-electron chi connectivity index (χ1n) is 15.1. The van der Waals surface area contributed by atoms with Crippen LogP contribution < -0.4 is 16.4 Å². The molecule has 3 heterocycles. The number of amides is 5. The molecular weight excluding hydrogens is 604 g/mol. The number of urea groups is 1. The van der Waals surface area contributed by atoms with Gasteiger partial charge in [-0.2, -0.15) is 5.01 Å². The Labute approximate surface area is 270 Å². The van der Waals surface area contributed by atoms with E-state index in [1.165, 1.54) is 11.3 Å². The number of para-hydroxylation sites is 1. The van der Waals surface area contributed by atoms with Crippen LogP contribution in [0.2, 0.25) is 0 Å². The van der Waals surface area contributed by atoms with E-state index in [0.717, 1.165) is 21.3 Å².